The highest BCUT2D eigenvalue weighted by molar-refractivity contribution is 6.04. The van der Waals surface area contributed by atoms with Crippen LogP contribution in [0.2, 0.25) is 0 Å². The smallest absolute Gasteiger partial charge is 0.325 e. The van der Waals surface area contributed by atoms with Crippen LogP contribution in [0.3, 0.4) is 0 Å². The van der Waals surface area contributed by atoms with Gasteiger partial charge in [0, 0.05) is 23.1 Å². The van der Waals surface area contributed by atoms with E-state index in [4.69, 9.17) is 0 Å². The van der Waals surface area contributed by atoms with Gasteiger partial charge in [0.25, 0.3) is 17.4 Å². The first-order chi connectivity index (χ1) is 14.9. The van der Waals surface area contributed by atoms with Gasteiger partial charge in [0.05, 0.1) is 7.11 Å². The van der Waals surface area contributed by atoms with E-state index >= 15 is 0 Å². The highest BCUT2D eigenvalue weighted by Crippen LogP contribution is 2.14. The summed E-state index contributed by atoms with van der Waals surface area (Å²) >= 11 is 0. The Labute approximate surface area is 178 Å². The number of nitrogens with one attached hydrogen (secondary N) is 2. The van der Waals surface area contributed by atoms with Gasteiger partial charge in [-0.05, 0) is 55.5 Å². The number of carbonyl (C=O) groups excluding carboxylic acids is 3. The van der Waals surface area contributed by atoms with Crippen LogP contribution in [0.25, 0.3) is 5.69 Å². The summed E-state index contributed by atoms with van der Waals surface area (Å²) in [5.41, 5.74) is 1.96. The van der Waals surface area contributed by atoms with Gasteiger partial charge < -0.3 is 15.4 Å². The Balaban J connectivity index is 1.76. The number of pyridine rings is 1. The maximum Gasteiger partial charge on any atom is 0.325 e. The molecule has 2 N–H and O–H groups in total. The Hall–Kier alpha value is -4.20. The summed E-state index contributed by atoms with van der Waals surface area (Å²) in [6.45, 7) is 1.58. The number of benzene rings is 2. The van der Waals surface area contributed by atoms with Gasteiger partial charge >= 0.3 is 5.97 Å². The van der Waals surface area contributed by atoms with Crippen molar-refractivity contribution >= 4 is 23.5 Å². The molecule has 0 bridgehead atoms. The zero-order chi connectivity index (χ0) is 22.4. The van der Waals surface area contributed by atoms with E-state index in [2.05, 4.69) is 15.4 Å². The molecule has 0 fully saturated rings. The monoisotopic (exact) mass is 419 g/mol. The molecule has 8 nitrogen and oxygen atoms in total. The lowest BCUT2D eigenvalue weighted by molar-refractivity contribution is -0.139. The van der Waals surface area contributed by atoms with Crippen LogP contribution in [0.15, 0.2) is 71.7 Å². The first-order valence-electron chi connectivity index (χ1n) is 9.44. The van der Waals surface area contributed by atoms with Crippen molar-refractivity contribution in [3.05, 3.63) is 93.9 Å². The van der Waals surface area contributed by atoms with Crippen LogP contribution in [0.5, 0.6) is 0 Å². The number of rotatable bonds is 6. The summed E-state index contributed by atoms with van der Waals surface area (Å²) in [7, 11) is 1.21. The molecule has 0 saturated carbocycles. The molecule has 0 aliphatic rings. The fourth-order valence-corrected chi connectivity index (χ4v) is 2.88. The number of ether oxygens (including phenoxy) is 1. The van der Waals surface area contributed by atoms with Gasteiger partial charge in [0.15, 0.2) is 0 Å². The van der Waals surface area contributed by atoms with Crippen molar-refractivity contribution in [1.82, 2.24) is 9.88 Å². The first-order valence-corrected chi connectivity index (χ1v) is 9.44. The molecule has 3 rings (SSSR count). The van der Waals surface area contributed by atoms with Crippen molar-refractivity contribution in [2.24, 2.45) is 0 Å². The average Bonchev–Trinajstić information content (AvgIpc) is 2.78. The van der Waals surface area contributed by atoms with Crippen molar-refractivity contribution in [3.8, 4) is 5.69 Å². The molecule has 0 aliphatic carbocycles. The highest BCUT2D eigenvalue weighted by atomic mass is 16.5. The second kappa shape index (κ2) is 9.53. The quantitative estimate of drug-likeness (QED) is 0.597. The maximum absolute atomic E-state index is 12.7. The molecular weight excluding hydrogens is 398 g/mol. The molecule has 158 valence electrons. The van der Waals surface area contributed by atoms with Gasteiger partial charge in [0.2, 0.25) is 0 Å². The Morgan fingerprint density at radius 3 is 2.39 bits per heavy atom. The average molecular weight is 419 g/mol. The van der Waals surface area contributed by atoms with Crippen LogP contribution in [0, 0.1) is 6.92 Å². The maximum atomic E-state index is 12.7. The van der Waals surface area contributed by atoms with Crippen LogP contribution < -0.4 is 16.2 Å². The van der Waals surface area contributed by atoms with Crippen LogP contribution >= 0.6 is 0 Å². The van der Waals surface area contributed by atoms with Crippen LogP contribution in [-0.4, -0.2) is 36.0 Å². The number of anilines is 1. The normalized spacial score (nSPS) is 10.3. The molecule has 0 atom stereocenters. The number of aromatic nitrogens is 1. The molecule has 3 aromatic rings. The molecule has 2 amide bonds. The van der Waals surface area contributed by atoms with Crippen molar-refractivity contribution in [3.63, 3.8) is 0 Å². The van der Waals surface area contributed by atoms with E-state index in [9.17, 15) is 19.2 Å². The van der Waals surface area contributed by atoms with Crippen molar-refractivity contribution in [1.29, 1.82) is 0 Å². The molecule has 31 heavy (non-hydrogen) atoms. The van der Waals surface area contributed by atoms with Gasteiger partial charge in [0.1, 0.15) is 12.1 Å². The number of nitrogens with zero attached hydrogens (tertiary/aromatic N) is 1. The van der Waals surface area contributed by atoms with E-state index in [1.54, 1.807) is 42.5 Å². The Kier molecular flexibility index (Phi) is 6.61. The third kappa shape index (κ3) is 5.24. The van der Waals surface area contributed by atoms with Gasteiger partial charge in [-0.2, -0.15) is 0 Å². The summed E-state index contributed by atoms with van der Waals surface area (Å²) in [6, 6.07) is 16.8. The van der Waals surface area contributed by atoms with Gasteiger partial charge in [-0.1, -0.05) is 17.7 Å². The lowest BCUT2D eigenvalue weighted by Crippen LogP contribution is -2.35. The molecule has 1 heterocycles. The molecule has 8 heteroatoms. The molecule has 2 aromatic carbocycles. The van der Waals surface area contributed by atoms with Crippen molar-refractivity contribution in [2.45, 2.75) is 6.92 Å². The second-order valence-electron chi connectivity index (χ2n) is 6.73. The summed E-state index contributed by atoms with van der Waals surface area (Å²) in [4.78, 5) is 48.5. The van der Waals surface area contributed by atoms with Gasteiger partial charge in [-0.3, -0.25) is 23.7 Å². The zero-order valence-corrected chi connectivity index (χ0v) is 17.0. The largest absolute Gasteiger partial charge is 0.468 e. The zero-order valence-electron chi connectivity index (χ0n) is 17.0. The molecule has 0 unspecified atom stereocenters. The fraction of sp³-hybridized carbons (Fsp3) is 0.130. The Bertz CT molecular complexity index is 1180. The van der Waals surface area contributed by atoms with Gasteiger partial charge in [-0.15, -0.1) is 0 Å². The molecule has 0 radical (unpaired) electrons. The molecule has 0 aliphatic heterocycles. The van der Waals surface area contributed by atoms with Crippen LogP contribution in [0.1, 0.15) is 26.3 Å². The van der Waals surface area contributed by atoms with Crippen LogP contribution in [-0.2, 0) is 9.53 Å². The SMILES string of the molecule is COC(=O)CNC(=O)c1cccn(-c2ccc(NC(=O)c3cccc(C)c3)cc2)c1=O. The van der Waals surface area contributed by atoms with E-state index in [0.29, 0.717) is 16.9 Å². The number of methoxy groups -OCH3 is 1. The lowest BCUT2D eigenvalue weighted by Gasteiger charge is -2.10. The van der Waals surface area contributed by atoms with E-state index in [-0.39, 0.29) is 18.0 Å². The minimum Gasteiger partial charge on any atom is -0.468 e. The minimum absolute atomic E-state index is 0.108. The summed E-state index contributed by atoms with van der Waals surface area (Å²) in [5, 5.41) is 5.15. The van der Waals surface area contributed by atoms with Crippen molar-refractivity contribution in [2.75, 3.05) is 19.0 Å². The number of hydrogen-bond donors (Lipinski definition) is 2. The first kappa shape index (κ1) is 21.5. The number of aryl methyl sites for hydroxylation is 1. The minimum atomic E-state index is -0.674. The summed E-state index contributed by atoms with van der Waals surface area (Å²) < 4.78 is 5.77. The predicted octanol–water partition coefficient (Wildman–Crippen LogP) is 2.30. The number of carbonyl (C=O) groups is 3. The second-order valence-corrected chi connectivity index (χ2v) is 6.73. The molecule has 0 saturated heterocycles. The fourth-order valence-electron chi connectivity index (χ4n) is 2.88. The third-order valence-electron chi connectivity index (χ3n) is 4.50. The van der Waals surface area contributed by atoms with E-state index < -0.39 is 17.4 Å². The number of hydrogen-bond acceptors (Lipinski definition) is 5. The number of amides is 2. The summed E-state index contributed by atoms with van der Waals surface area (Å²) in [5.74, 6) is -1.53. The standard InChI is InChI=1S/C23H21N3O5/c1-15-5-3-6-16(13-15)21(28)25-17-8-10-18(11-9-17)26-12-4-7-19(23(26)30)22(29)24-14-20(27)31-2/h3-13H,14H2,1-2H3,(H,24,29)(H,25,28). The predicted molar refractivity (Wildman–Crippen MR) is 116 cm³/mol. The Morgan fingerprint density at radius 2 is 1.71 bits per heavy atom. The molecular formula is C23H21N3O5. The lowest BCUT2D eigenvalue weighted by atomic mass is 10.1. The number of esters is 1. The highest BCUT2D eigenvalue weighted by Gasteiger charge is 2.14. The van der Waals surface area contributed by atoms with Crippen molar-refractivity contribution < 1.29 is 19.1 Å². The van der Waals surface area contributed by atoms with E-state index in [1.165, 1.54) is 23.9 Å². The van der Waals surface area contributed by atoms with Gasteiger partial charge in [-0.25, -0.2) is 0 Å². The van der Waals surface area contributed by atoms with E-state index in [1.807, 2.05) is 19.1 Å². The third-order valence-corrected chi connectivity index (χ3v) is 4.50. The van der Waals surface area contributed by atoms with Crippen LogP contribution in [0.4, 0.5) is 5.69 Å². The summed E-state index contributed by atoms with van der Waals surface area (Å²) in [6.07, 6.45) is 1.53. The molecule has 0 spiro atoms. The Morgan fingerprint density at radius 1 is 0.968 bits per heavy atom. The van der Waals surface area contributed by atoms with E-state index in [0.717, 1.165) is 5.56 Å². The molecule has 1 aromatic heterocycles. The topological polar surface area (TPSA) is 106 Å².